The predicted octanol–water partition coefficient (Wildman–Crippen LogP) is 11.3. The van der Waals surface area contributed by atoms with Crippen molar-refractivity contribution in [3.05, 3.63) is 139 Å². The Morgan fingerprint density at radius 2 is 1.33 bits per heavy atom. The van der Waals surface area contributed by atoms with E-state index < -0.39 is 34.4 Å². The zero-order valence-electron chi connectivity index (χ0n) is 22.7. The lowest BCUT2D eigenvalue weighted by Gasteiger charge is -2.38. The first-order valence-electron chi connectivity index (χ1n) is 13.4. The average Bonchev–Trinajstić information content (AvgIpc) is 3.19. The lowest BCUT2D eigenvalue weighted by Crippen LogP contribution is -2.35. The number of halogens is 7. The van der Waals surface area contributed by atoms with Crippen molar-refractivity contribution in [3.8, 4) is 16.9 Å². The Labute approximate surface area is 261 Å². The molecule has 0 fully saturated rings. The molecule has 1 aliphatic carbocycles. The average molecular weight is 712 g/mol. The van der Waals surface area contributed by atoms with E-state index in [1.165, 1.54) is 30.3 Å². The smallest absolute Gasteiger partial charge is 0.416 e. The molecule has 1 nitrogen and oxygen atoms in total. The molecule has 0 aromatic heterocycles. The Morgan fingerprint density at radius 1 is 0.721 bits per heavy atom. The zero-order valence-corrected chi connectivity index (χ0v) is 25.9. The molecule has 0 amide bonds. The van der Waals surface area contributed by atoms with E-state index in [4.69, 9.17) is 4.74 Å². The third-order valence-electron chi connectivity index (χ3n) is 8.49. The highest BCUT2D eigenvalue weighted by molar-refractivity contribution is 9.11. The molecule has 43 heavy (non-hydrogen) atoms. The van der Waals surface area contributed by atoms with Gasteiger partial charge in [0.1, 0.15) is 17.4 Å². The van der Waals surface area contributed by atoms with Crippen LogP contribution in [0.1, 0.15) is 47.2 Å². The van der Waals surface area contributed by atoms with Gasteiger partial charge in [-0.15, -0.1) is 0 Å². The fraction of sp³-hybridized carbons (Fsp3) is 0.143. The van der Waals surface area contributed by atoms with Crippen LogP contribution in [0.4, 0.5) is 22.0 Å². The van der Waals surface area contributed by atoms with Gasteiger partial charge in [-0.3, -0.25) is 0 Å². The van der Waals surface area contributed by atoms with Gasteiger partial charge in [-0.1, -0.05) is 82.1 Å². The molecule has 0 radical (unpaired) electrons. The Hall–Kier alpha value is -3.49. The van der Waals surface area contributed by atoms with E-state index in [2.05, 4.69) is 45.7 Å². The molecule has 0 spiro atoms. The van der Waals surface area contributed by atoms with Gasteiger partial charge in [0.2, 0.25) is 0 Å². The van der Waals surface area contributed by atoms with Gasteiger partial charge in [0, 0.05) is 36.4 Å². The number of hydrogen-bond donors (Lipinski definition) is 0. The highest BCUT2D eigenvalue weighted by Gasteiger charge is 2.45. The zero-order chi connectivity index (χ0) is 30.5. The largest absolute Gasteiger partial charge is 0.472 e. The number of hydrogen-bond acceptors (Lipinski definition) is 1. The molecule has 0 N–H and O–H groups in total. The van der Waals surface area contributed by atoms with E-state index in [-0.39, 0.29) is 5.75 Å². The van der Waals surface area contributed by atoms with Crippen LogP contribution >= 0.6 is 31.9 Å². The normalized spacial score (nSPS) is 16.0. The summed E-state index contributed by atoms with van der Waals surface area (Å²) in [6.45, 7) is 4.17. The fourth-order valence-corrected chi connectivity index (χ4v) is 8.37. The van der Waals surface area contributed by atoms with Gasteiger partial charge in [0.25, 0.3) is 0 Å². The minimum atomic E-state index is -4.58. The van der Waals surface area contributed by atoms with Gasteiger partial charge in [0.15, 0.2) is 5.60 Å². The quantitative estimate of drug-likeness (QED) is 0.166. The summed E-state index contributed by atoms with van der Waals surface area (Å²) in [7, 11) is 0. The molecule has 8 heteroatoms. The summed E-state index contributed by atoms with van der Waals surface area (Å²) in [6, 6.07) is 19.2. The summed E-state index contributed by atoms with van der Waals surface area (Å²) in [6.07, 6.45) is -0.890. The van der Waals surface area contributed by atoms with Crippen molar-refractivity contribution >= 4 is 48.7 Å². The number of ether oxygens (including phenoxy) is 1. The van der Waals surface area contributed by atoms with Crippen molar-refractivity contribution in [2.24, 2.45) is 0 Å². The van der Waals surface area contributed by atoms with Gasteiger partial charge in [-0.05, 0) is 82.2 Å². The van der Waals surface area contributed by atoms with E-state index in [9.17, 15) is 22.0 Å². The number of fused-ring (bicyclic) bond motifs is 8. The van der Waals surface area contributed by atoms with Crippen molar-refractivity contribution in [1.82, 2.24) is 0 Å². The Kier molecular flexibility index (Phi) is 6.25. The van der Waals surface area contributed by atoms with Crippen molar-refractivity contribution in [3.63, 3.8) is 0 Å². The van der Waals surface area contributed by atoms with Crippen LogP contribution in [0.3, 0.4) is 0 Å². The lowest BCUT2D eigenvalue weighted by atomic mass is 9.76. The maximum Gasteiger partial charge on any atom is 0.416 e. The Bertz CT molecular complexity index is 1950. The van der Waals surface area contributed by atoms with Crippen molar-refractivity contribution in [2.45, 2.75) is 31.0 Å². The molecule has 1 aliphatic heterocycles. The van der Waals surface area contributed by atoms with Gasteiger partial charge < -0.3 is 4.74 Å². The van der Waals surface area contributed by atoms with Crippen LogP contribution in [-0.2, 0) is 17.2 Å². The standard InChI is InChI=1S/C35H21Br2F5O/c1-33(2)30-27(16-21(36)17-28(30)37)29-24-12-7-20(35(40,41)42)15-26(24)32-25(31(29)33)13-14-34(43-32,18-3-8-22(38)9-4-18)19-5-10-23(39)11-6-19/h3-17H,1-2H3. The summed E-state index contributed by atoms with van der Waals surface area (Å²) < 4.78 is 79.0. The maximum atomic E-state index is 14.1. The van der Waals surface area contributed by atoms with Gasteiger partial charge >= 0.3 is 6.18 Å². The monoisotopic (exact) mass is 710 g/mol. The minimum Gasteiger partial charge on any atom is -0.472 e. The summed E-state index contributed by atoms with van der Waals surface area (Å²) in [5, 5.41) is 0.905. The van der Waals surface area contributed by atoms with E-state index in [0.717, 1.165) is 43.3 Å². The number of alkyl halides is 3. The summed E-state index contributed by atoms with van der Waals surface area (Å²) in [5.41, 5.74) is 2.70. The molecule has 216 valence electrons. The van der Waals surface area contributed by atoms with Crippen molar-refractivity contribution < 1.29 is 26.7 Å². The second kappa shape index (κ2) is 9.50. The van der Waals surface area contributed by atoms with E-state index in [1.807, 2.05) is 24.3 Å². The highest BCUT2D eigenvalue weighted by Crippen LogP contribution is 2.60. The molecular weight excluding hydrogens is 691 g/mol. The summed E-state index contributed by atoms with van der Waals surface area (Å²) >= 11 is 7.32. The minimum absolute atomic E-state index is 0.270. The molecule has 1 heterocycles. The molecule has 0 atom stereocenters. The van der Waals surface area contributed by atoms with Gasteiger partial charge in [-0.2, -0.15) is 13.2 Å². The molecule has 5 aromatic carbocycles. The molecule has 7 rings (SSSR count). The predicted molar refractivity (Wildman–Crippen MR) is 165 cm³/mol. The topological polar surface area (TPSA) is 9.23 Å². The van der Waals surface area contributed by atoms with Crippen molar-refractivity contribution in [1.29, 1.82) is 0 Å². The number of rotatable bonds is 2. The maximum absolute atomic E-state index is 14.1. The highest BCUT2D eigenvalue weighted by atomic mass is 79.9. The molecule has 0 unspecified atom stereocenters. The Morgan fingerprint density at radius 3 is 1.91 bits per heavy atom. The molecule has 2 aliphatic rings. The molecule has 5 aromatic rings. The van der Waals surface area contributed by atoms with E-state index in [1.54, 1.807) is 24.3 Å². The second-order valence-electron chi connectivity index (χ2n) is 11.4. The summed E-state index contributed by atoms with van der Waals surface area (Å²) in [5.74, 6) is -0.632. The van der Waals surface area contributed by atoms with Crippen molar-refractivity contribution in [2.75, 3.05) is 0 Å². The van der Waals surface area contributed by atoms with Crippen LogP contribution in [-0.4, -0.2) is 0 Å². The van der Waals surface area contributed by atoms with Crippen LogP contribution < -0.4 is 4.74 Å². The van der Waals surface area contributed by atoms with E-state index in [0.29, 0.717) is 27.5 Å². The third-order valence-corrected chi connectivity index (χ3v) is 9.58. The first-order chi connectivity index (χ1) is 20.3. The second-order valence-corrected chi connectivity index (χ2v) is 13.1. The van der Waals surface area contributed by atoms with Crippen LogP contribution in [0, 0.1) is 11.6 Å². The Balaban J connectivity index is 1.60. The fourth-order valence-electron chi connectivity index (χ4n) is 6.65. The van der Waals surface area contributed by atoms with Crippen LogP contribution in [0.25, 0.3) is 28.0 Å². The molecule has 0 bridgehead atoms. The number of benzene rings is 5. The third kappa shape index (κ3) is 4.20. The van der Waals surface area contributed by atoms with Crippen LogP contribution in [0.5, 0.6) is 5.75 Å². The van der Waals surface area contributed by atoms with Gasteiger partial charge in [0.05, 0.1) is 5.56 Å². The summed E-state index contributed by atoms with van der Waals surface area (Å²) in [4.78, 5) is 0. The molecule has 0 saturated carbocycles. The van der Waals surface area contributed by atoms with E-state index >= 15 is 0 Å². The first kappa shape index (κ1) is 28.3. The lowest BCUT2D eigenvalue weighted by molar-refractivity contribution is -0.137. The van der Waals surface area contributed by atoms with Gasteiger partial charge in [-0.25, -0.2) is 8.78 Å². The molecule has 0 saturated heterocycles. The SMILES string of the molecule is CC1(C)c2c(Br)cc(Br)cc2-c2c1c1c(c3cc(C(F)(F)F)ccc23)OC(c2ccc(F)cc2)(c2ccc(F)cc2)C=C1. The van der Waals surface area contributed by atoms with Crippen LogP contribution in [0.15, 0.2) is 93.9 Å². The molecular formula is C35H21Br2F5O. The first-order valence-corrected chi connectivity index (χ1v) is 15.0. The van der Waals surface area contributed by atoms with Crippen LogP contribution in [0.2, 0.25) is 0 Å².